The van der Waals surface area contributed by atoms with Gasteiger partial charge in [0.05, 0.1) is 25.5 Å². The van der Waals surface area contributed by atoms with E-state index in [4.69, 9.17) is 16.3 Å². The molecule has 2 heterocycles. The van der Waals surface area contributed by atoms with Gasteiger partial charge in [-0.25, -0.2) is 15.0 Å². The molecule has 0 saturated heterocycles. The van der Waals surface area contributed by atoms with Crippen molar-refractivity contribution in [2.75, 3.05) is 7.11 Å². The Labute approximate surface area is 213 Å². The van der Waals surface area contributed by atoms with Gasteiger partial charge in [0, 0.05) is 0 Å². The number of carbonyl (C=O) groups excluding carboxylic acids is 1. The molecule has 0 fully saturated rings. The number of hydrogen-bond donors (Lipinski definition) is 1. The molecule has 7 nitrogen and oxygen atoms in total. The lowest BCUT2D eigenvalue weighted by Crippen LogP contribution is -2.54. The molecule has 1 atom stereocenters. The molecule has 3 aromatic carbocycles. The summed E-state index contributed by atoms with van der Waals surface area (Å²) in [5, 5.41) is 3.94. The summed E-state index contributed by atoms with van der Waals surface area (Å²) in [6.45, 7) is 0.213. The highest BCUT2D eigenvalue weighted by Crippen LogP contribution is 2.37. The fourth-order valence-corrected chi connectivity index (χ4v) is 4.76. The lowest BCUT2D eigenvalue weighted by molar-refractivity contribution is -0.144. The minimum absolute atomic E-state index is 0.213. The molecule has 0 spiro atoms. The number of methoxy groups -OCH3 is 1. The van der Waals surface area contributed by atoms with Crippen LogP contribution in [0.4, 0.5) is 0 Å². The van der Waals surface area contributed by atoms with E-state index < -0.39 is 17.6 Å². The first-order valence-corrected chi connectivity index (χ1v) is 11.8. The largest absolute Gasteiger partial charge is 0.468 e. The Balaban J connectivity index is 1.68. The second-order valence-electron chi connectivity index (χ2n) is 8.30. The lowest BCUT2D eigenvalue weighted by Gasteiger charge is -2.39. The van der Waals surface area contributed by atoms with E-state index in [2.05, 4.69) is 56.7 Å². The molecule has 0 bridgehead atoms. The Hall–Kier alpha value is -4.07. The van der Waals surface area contributed by atoms with E-state index >= 15 is 0 Å². The predicted octanol–water partition coefficient (Wildman–Crippen LogP) is 4.60. The Morgan fingerprint density at radius 3 is 1.92 bits per heavy atom. The number of nitrogens with one attached hydrogen (secondary N) is 1. The van der Waals surface area contributed by atoms with E-state index in [0.29, 0.717) is 11.2 Å². The van der Waals surface area contributed by atoms with Crippen molar-refractivity contribution in [3.05, 3.63) is 125 Å². The van der Waals surface area contributed by atoms with E-state index in [1.807, 2.05) is 54.6 Å². The fourth-order valence-electron chi connectivity index (χ4n) is 4.58. The van der Waals surface area contributed by atoms with Crippen molar-refractivity contribution < 1.29 is 9.53 Å². The molecule has 0 aliphatic carbocycles. The van der Waals surface area contributed by atoms with Gasteiger partial charge in [-0.2, -0.15) is 0 Å². The molecule has 0 saturated carbocycles. The third-order valence-corrected chi connectivity index (χ3v) is 6.51. The highest BCUT2D eigenvalue weighted by Gasteiger charge is 2.40. The van der Waals surface area contributed by atoms with Crippen LogP contribution in [-0.2, 0) is 21.6 Å². The zero-order chi connectivity index (χ0) is 25.0. The van der Waals surface area contributed by atoms with Crippen LogP contribution in [0.15, 0.2) is 104 Å². The SMILES string of the molecule is COC(=O)[C@H](Cn1cnc2c(Cl)ncnc21)NC(c1ccccc1)(c1ccccc1)c1ccccc1. The molecule has 36 heavy (non-hydrogen) atoms. The van der Waals surface area contributed by atoms with E-state index in [9.17, 15) is 4.79 Å². The highest BCUT2D eigenvalue weighted by molar-refractivity contribution is 6.33. The number of imidazole rings is 1. The number of nitrogens with zero attached hydrogens (tertiary/aromatic N) is 4. The van der Waals surface area contributed by atoms with Crippen LogP contribution >= 0.6 is 11.6 Å². The van der Waals surface area contributed by atoms with Gasteiger partial charge in [0.1, 0.15) is 17.9 Å². The summed E-state index contributed by atoms with van der Waals surface area (Å²) < 4.78 is 7.04. The standard InChI is InChI=1S/C28H24ClN5O2/c1-36-27(35)23(17-34-19-32-24-25(29)30-18-31-26(24)34)33-28(20-11-5-2-6-12-20,21-13-7-3-8-14-21)22-15-9-4-10-16-22/h2-16,18-19,23,33H,17H2,1H3/t23-/m0/s1. The number of halogens is 1. The fraction of sp³-hybridized carbons (Fsp3) is 0.143. The molecule has 0 aliphatic rings. The van der Waals surface area contributed by atoms with Crippen LogP contribution in [0, 0.1) is 0 Å². The van der Waals surface area contributed by atoms with Crippen molar-refractivity contribution in [2.24, 2.45) is 0 Å². The van der Waals surface area contributed by atoms with E-state index in [0.717, 1.165) is 16.7 Å². The summed E-state index contributed by atoms with van der Waals surface area (Å²) in [5.74, 6) is -0.413. The van der Waals surface area contributed by atoms with Crippen molar-refractivity contribution in [1.82, 2.24) is 24.8 Å². The zero-order valence-electron chi connectivity index (χ0n) is 19.6. The maximum absolute atomic E-state index is 13.2. The van der Waals surface area contributed by atoms with Gasteiger partial charge in [-0.05, 0) is 16.7 Å². The summed E-state index contributed by atoms with van der Waals surface area (Å²) in [5.41, 5.74) is 3.11. The average Bonchev–Trinajstić information content (AvgIpc) is 3.36. The number of benzene rings is 3. The first-order valence-electron chi connectivity index (χ1n) is 11.5. The molecule has 0 aliphatic heterocycles. The van der Waals surface area contributed by atoms with Crippen LogP contribution in [0.3, 0.4) is 0 Å². The molecule has 0 radical (unpaired) electrons. The topological polar surface area (TPSA) is 81.9 Å². The van der Waals surface area contributed by atoms with Crippen LogP contribution < -0.4 is 5.32 Å². The maximum Gasteiger partial charge on any atom is 0.324 e. The van der Waals surface area contributed by atoms with Gasteiger partial charge < -0.3 is 9.30 Å². The number of fused-ring (bicyclic) bond motifs is 1. The molecule has 5 aromatic rings. The van der Waals surface area contributed by atoms with Crippen LogP contribution in [0.25, 0.3) is 11.2 Å². The maximum atomic E-state index is 13.2. The quantitative estimate of drug-likeness (QED) is 0.192. The molecule has 2 aromatic heterocycles. The molecule has 8 heteroatoms. The minimum Gasteiger partial charge on any atom is -0.468 e. The van der Waals surface area contributed by atoms with Crippen LogP contribution in [-0.4, -0.2) is 38.6 Å². The number of carbonyl (C=O) groups is 1. The zero-order valence-corrected chi connectivity index (χ0v) is 20.3. The average molecular weight is 498 g/mol. The molecular formula is C28H24ClN5O2. The Morgan fingerprint density at radius 1 is 0.889 bits per heavy atom. The molecule has 180 valence electrons. The van der Waals surface area contributed by atoms with Gasteiger partial charge in [-0.15, -0.1) is 0 Å². The highest BCUT2D eigenvalue weighted by atomic mass is 35.5. The summed E-state index contributed by atoms with van der Waals surface area (Å²) >= 11 is 6.21. The second kappa shape index (κ2) is 10.3. The molecule has 0 amide bonds. The third kappa shape index (κ3) is 4.34. The van der Waals surface area contributed by atoms with E-state index in [-0.39, 0.29) is 11.7 Å². The monoisotopic (exact) mass is 497 g/mol. The van der Waals surface area contributed by atoms with Crippen molar-refractivity contribution in [3.8, 4) is 0 Å². The molecule has 5 rings (SSSR count). The van der Waals surface area contributed by atoms with Gasteiger partial charge in [-0.3, -0.25) is 10.1 Å². The Kier molecular flexibility index (Phi) is 6.75. The Bertz CT molecular complexity index is 1360. The second-order valence-corrected chi connectivity index (χ2v) is 8.66. The first kappa shape index (κ1) is 23.7. The van der Waals surface area contributed by atoms with Crippen LogP contribution in [0.5, 0.6) is 0 Å². The van der Waals surface area contributed by atoms with Crippen molar-refractivity contribution in [3.63, 3.8) is 0 Å². The van der Waals surface area contributed by atoms with Gasteiger partial charge in [-0.1, -0.05) is 103 Å². The third-order valence-electron chi connectivity index (χ3n) is 6.23. The number of esters is 1. The first-order chi connectivity index (χ1) is 17.6. The summed E-state index contributed by atoms with van der Waals surface area (Å²) in [6.07, 6.45) is 2.99. The van der Waals surface area contributed by atoms with Crippen molar-refractivity contribution in [2.45, 2.75) is 18.1 Å². The summed E-state index contributed by atoms with van der Waals surface area (Å²) in [6, 6.07) is 29.5. The predicted molar refractivity (Wildman–Crippen MR) is 138 cm³/mol. The van der Waals surface area contributed by atoms with Gasteiger partial charge in [0.25, 0.3) is 0 Å². The van der Waals surface area contributed by atoms with Crippen LogP contribution in [0.1, 0.15) is 16.7 Å². The van der Waals surface area contributed by atoms with Crippen LogP contribution in [0.2, 0.25) is 5.15 Å². The normalized spacial score (nSPS) is 12.4. The van der Waals surface area contributed by atoms with Gasteiger partial charge in [0.2, 0.25) is 0 Å². The summed E-state index contributed by atoms with van der Waals surface area (Å²) in [4.78, 5) is 25.9. The molecular weight excluding hydrogens is 474 g/mol. The van der Waals surface area contributed by atoms with Crippen molar-refractivity contribution in [1.29, 1.82) is 0 Å². The van der Waals surface area contributed by atoms with E-state index in [1.54, 1.807) is 10.9 Å². The minimum atomic E-state index is -0.856. The summed E-state index contributed by atoms with van der Waals surface area (Å²) in [7, 11) is 1.39. The van der Waals surface area contributed by atoms with Gasteiger partial charge in [0.15, 0.2) is 10.8 Å². The number of hydrogen-bond acceptors (Lipinski definition) is 6. The number of rotatable bonds is 8. The van der Waals surface area contributed by atoms with Gasteiger partial charge >= 0.3 is 5.97 Å². The Morgan fingerprint density at radius 2 is 1.42 bits per heavy atom. The molecule has 1 N–H and O–H groups in total. The van der Waals surface area contributed by atoms with E-state index in [1.165, 1.54) is 13.4 Å². The number of ether oxygens (including phenoxy) is 1. The smallest absolute Gasteiger partial charge is 0.324 e. The van der Waals surface area contributed by atoms with Crippen molar-refractivity contribution >= 4 is 28.7 Å². The molecule has 0 unspecified atom stereocenters. The lowest BCUT2D eigenvalue weighted by atomic mass is 9.76. The number of aromatic nitrogens is 4.